The molecular formula is C20H22N2O4S2. The van der Waals surface area contributed by atoms with Gasteiger partial charge in [0.1, 0.15) is 0 Å². The molecule has 0 spiro atoms. The minimum absolute atomic E-state index is 0.102. The Morgan fingerprint density at radius 2 is 1.93 bits per heavy atom. The molecule has 0 fully saturated rings. The van der Waals surface area contributed by atoms with Crippen molar-refractivity contribution in [1.29, 1.82) is 0 Å². The van der Waals surface area contributed by atoms with E-state index in [0.717, 1.165) is 10.5 Å². The second kappa shape index (κ2) is 8.36. The Morgan fingerprint density at radius 1 is 1.21 bits per heavy atom. The van der Waals surface area contributed by atoms with Crippen LogP contribution in [0.2, 0.25) is 0 Å². The summed E-state index contributed by atoms with van der Waals surface area (Å²) in [7, 11) is -3.65. The second-order valence-electron chi connectivity index (χ2n) is 6.84. The summed E-state index contributed by atoms with van der Waals surface area (Å²) in [5.41, 5.74) is 2.21. The summed E-state index contributed by atoms with van der Waals surface area (Å²) in [4.78, 5) is 25.1. The minimum Gasteiger partial charge on any atom is -0.326 e. The van der Waals surface area contributed by atoms with Crippen LogP contribution in [0.15, 0.2) is 52.3 Å². The Morgan fingerprint density at radius 3 is 2.64 bits per heavy atom. The first-order chi connectivity index (χ1) is 13.2. The van der Waals surface area contributed by atoms with E-state index in [0.29, 0.717) is 17.1 Å². The van der Waals surface area contributed by atoms with Crippen molar-refractivity contribution in [3.05, 3.63) is 48.0 Å². The molecule has 0 saturated carbocycles. The van der Waals surface area contributed by atoms with E-state index in [-0.39, 0.29) is 34.8 Å². The van der Waals surface area contributed by atoms with E-state index < -0.39 is 9.84 Å². The number of anilines is 2. The molecule has 6 nitrogen and oxygen atoms in total. The Bertz CT molecular complexity index is 1000. The van der Waals surface area contributed by atoms with E-state index in [1.54, 1.807) is 18.2 Å². The molecule has 2 aromatic rings. The van der Waals surface area contributed by atoms with Gasteiger partial charge in [0.15, 0.2) is 9.84 Å². The molecule has 8 heteroatoms. The monoisotopic (exact) mass is 418 g/mol. The van der Waals surface area contributed by atoms with Crippen molar-refractivity contribution in [3.8, 4) is 0 Å². The zero-order valence-electron chi connectivity index (χ0n) is 15.7. The van der Waals surface area contributed by atoms with Crippen molar-refractivity contribution in [3.63, 3.8) is 0 Å². The van der Waals surface area contributed by atoms with E-state index in [1.807, 2.05) is 26.0 Å². The minimum atomic E-state index is -3.65. The van der Waals surface area contributed by atoms with Gasteiger partial charge in [-0.05, 0) is 37.3 Å². The third kappa shape index (κ3) is 4.94. The van der Waals surface area contributed by atoms with Gasteiger partial charge in [0, 0.05) is 28.7 Å². The van der Waals surface area contributed by atoms with Gasteiger partial charge < -0.3 is 10.6 Å². The molecule has 2 N–H and O–H groups in total. The van der Waals surface area contributed by atoms with Crippen molar-refractivity contribution in [2.75, 3.05) is 22.1 Å². The van der Waals surface area contributed by atoms with Gasteiger partial charge in [-0.25, -0.2) is 8.42 Å². The molecule has 0 aliphatic carbocycles. The lowest BCUT2D eigenvalue weighted by Crippen LogP contribution is -2.20. The molecule has 28 heavy (non-hydrogen) atoms. The summed E-state index contributed by atoms with van der Waals surface area (Å²) in [6, 6.07) is 12.0. The smallest absolute Gasteiger partial charge is 0.228 e. The number of carbonyl (C=O) groups is 2. The fourth-order valence-corrected chi connectivity index (χ4v) is 4.95. The molecule has 2 aromatic carbocycles. The zero-order chi connectivity index (χ0) is 20.3. The zero-order valence-corrected chi connectivity index (χ0v) is 17.3. The van der Waals surface area contributed by atoms with Crippen LogP contribution in [0, 0.1) is 12.8 Å². The van der Waals surface area contributed by atoms with Crippen molar-refractivity contribution < 1.29 is 18.0 Å². The van der Waals surface area contributed by atoms with Crippen LogP contribution in [0.5, 0.6) is 0 Å². The Hall–Kier alpha value is -2.32. The Balaban J connectivity index is 1.67. The highest BCUT2D eigenvalue weighted by Gasteiger charge is 2.23. The molecule has 0 saturated heterocycles. The molecule has 0 aromatic heterocycles. The highest BCUT2D eigenvalue weighted by Crippen LogP contribution is 2.34. The predicted octanol–water partition coefficient (Wildman–Crippen LogP) is 3.48. The molecule has 148 valence electrons. The Labute approximate surface area is 169 Å². The summed E-state index contributed by atoms with van der Waals surface area (Å²) in [5, 5.41) is 5.48. The Kier molecular flexibility index (Phi) is 6.10. The largest absolute Gasteiger partial charge is 0.326 e. The van der Waals surface area contributed by atoms with Crippen molar-refractivity contribution >= 4 is 44.8 Å². The summed E-state index contributed by atoms with van der Waals surface area (Å²) < 4.78 is 25.3. The van der Waals surface area contributed by atoms with E-state index in [9.17, 15) is 18.0 Å². The number of carbonyl (C=O) groups excluding carboxylic acids is 2. The van der Waals surface area contributed by atoms with E-state index in [1.165, 1.54) is 23.9 Å². The molecule has 0 bridgehead atoms. The summed E-state index contributed by atoms with van der Waals surface area (Å²) in [6.45, 7) is 3.78. The van der Waals surface area contributed by atoms with Gasteiger partial charge in [0.25, 0.3) is 0 Å². The van der Waals surface area contributed by atoms with Crippen molar-refractivity contribution in [2.45, 2.75) is 30.1 Å². The highest BCUT2D eigenvalue weighted by molar-refractivity contribution is 7.99. The van der Waals surface area contributed by atoms with Crippen LogP contribution in [-0.4, -0.2) is 31.7 Å². The molecule has 0 unspecified atom stereocenters. The quantitative estimate of drug-likeness (QED) is 0.776. The average molecular weight is 419 g/mol. The van der Waals surface area contributed by atoms with Gasteiger partial charge in [0.05, 0.1) is 16.3 Å². The fraction of sp³-hybridized carbons (Fsp3) is 0.300. The number of rotatable bonds is 5. The van der Waals surface area contributed by atoms with Crippen LogP contribution >= 0.6 is 11.8 Å². The van der Waals surface area contributed by atoms with Gasteiger partial charge in [-0.1, -0.05) is 24.6 Å². The van der Waals surface area contributed by atoms with Crippen LogP contribution in [0.4, 0.5) is 11.4 Å². The fourth-order valence-electron chi connectivity index (χ4n) is 2.68. The van der Waals surface area contributed by atoms with E-state index in [2.05, 4.69) is 10.6 Å². The summed E-state index contributed by atoms with van der Waals surface area (Å²) in [6.07, 6.45) is -0.147. The molecule has 1 aliphatic rings. The first kappa shape index (κ1) is 20.4. The van der Waals surface area contributed by atoms with Gasteiger partial charge in [0.2, 0.25) is 11.8 Å². The highest BCUT2D eigenvalue weighted by atomic mass is 32.2. The standard InChI is InChI=1S/C20H22N2O4S2/c1-13-3-5-15(6-4-13)21-19(23)9-10-28(25,26)16-7-8-18-17(11-16)22-20(24)14(2)12-27-18/h3-8,11,14H,9-10,12H2,1-2H3,(H,21,23)(H,22,24)/t14-/m0/s1. The number of aryl methyl sites for hydroxylation is 1. The normalized spacial score (nSPS) is 16.6. The van der Waals surface area contributed by atoms with E-state index >= 15 is 0 Å². The molecule has 3 rings (SSSR count). The van der Waals surface area contributed by atoms with Gasteiger partial charge in [-0.2, -0.15) is 0 Å². The maximum absolute atomic E-state index is 12.7. The number of thioether (sulfide) groups is 1. The number of benzene rings is 2. The number of nitrogens with one attached hydrogen (secondary N) is 2. The van der Waals surface area contributed by atoms with Gasteiger partial charge in [-0.3, -0.25) is 9.59 Å². The van der Waals surface area contributed by atoms with Crippen LogP contribution in [-0.2, 0) is 19.4 Å². The SMILES string of the molecule is Cc1ccc(NC(=O)CCS(=O)(=O)c2ccc3c(c2)NC(=O)[C@@H](C)CS3)cc1. The summed E-state index contributed by atoms with van der Waals surface area (Å²) in [5.74, 6) is -0.300. The molecule has 1 atom stereocenters. The predicted molar refractivity (Wildman–Crippen MR) is 111 cm³/mol. The third-order valence-electron chi connectivity index (χ3n) is 4.44. The van der Waals surface area contributed by atoms with E-state index in [4.69, 9.17) is 0 Å². The van der Waals surface area contributed by atoms with Gasteiger partial charge in [-0.15, -0.1) is 11.8 Å². The molecule has 1 heterocycles. The topological polar surface area (TPSA) is 92.3 Å². The average Bonchev–Trinajstić information content (AvgIpc) is 2.80. The molecule has 2 amide bonds. The number of hydrogen-bond acceptors (Lipinski definition) is 5. The first-order valence-electron chi connectivity index (χ1n) is 8.91. The van der Waals surface area contributed by atoms with Crippen LogP contribution in [0.1, 0.15) is 18.9 Å². The third-order valence-corrected chi connectivity index (χ3v) is 7.49. The maximum atomic E-state index is 12.7. The molecule has 0 radical (unpaired) electrons. The van der Waals surface area contributed by atoms with Crippen molar-refractivity contribution in [1.82, 2.24) is 0 Å². The lowest BCUT2D eigenvalue weighted by molar-refractivity contribution is -0.118. The lowest BCUT2D eigenvalue weighted by atomic mass is 10.2. The maximum Gasteiger partial charge on any atom is 0.228 e. The first-order valence-corrected chi connectivity index (χ1v) is 11.6. The number of fused-ring (bicyclic) bond motifs is 1. The number of sulfone groups is 1. The molecular weight excluding hydrogens is 396 g/mol. The molecule has 1 aliphatic heterocycles. The number of hydrogen-bond donors (Lipinski definition) is 2. The van der Waals surface area contributed by atoms with Crippen LogP contribution in [0.25, 0.3) is 0 Å². The van der Waals surface area contributed by atoms with Gasteiger partial charge >= 0.3 is 0 Å². The van der Waals surface area contributed by atoms with Crippen LogP contribution in [0.3, 0.4) is 0 Å². The summed E-state index contributed by atoms with van der Waals surface area (Å²) >= 11 is 1.52. The lowest BCUT2D eigenvalue weighted by Gasteiger charge is -2.10. The number of amides is 2. The second-order valence-corrected chi connectivity index (χ2v) is 10.0. The van der Waals surface area contributed by atoms with Crippen LogP contribution < -0.4 is 10.6 Å². The van der Waals surface area contributed by atoms with Crippen molar-refractivity contribution in [2.24, 2.45) is 5.92 Å².